The molecule has 0 aliphatic carbocycles. The van der Waals surface area contributed by atoms with Crippen LogP contribution in [0.5, 0.6) is 0 Å². The molecule has 118 valence electrons. The zero-order chi connectivity index (χ0) is 16.5. The van der Waals surface area contributed by atoms with Crippen LogP contribution in [0.3, 0.4) is 0 Å². The van der Waals surface area contributed by atoms with Gasteiger partial charge in [-0.1, -0.05) is 30.3 Å². The van der Waals surface area contributed by atoms with Gasteiger partial charge in [-0.05, 0) is 28.8 Å². The van der Waals surface area contributed by atoms with Crippen molar-refractivity contribution < 1.29 is 26.3 Å². The topological polar surface area (TPSA) is 0 Å². The van der Waals surface area contributed by atoms with Gasteiger partial charge >= 0.3 is 12.4 Å². The Bertz CT molecular complexity index is 672. The quantitative estimate of drug-likeness (QED) is 0.456. The number of hydrogen-bond acceptors (Lipinski definition) is 0. The summed E-state index contributed by atoms with van der Waals surface area (Å²) in [4.78, 5) is 0. The molecule has 22 heavy (non-hydrogen) atoms. The zero-order valence-electron chi connectivity index (χ0n) is 10.9. The summed E-state index contributed by atoms with van der Waals surface area (Å²) in [6, 6.07) is 7.25. The zero-order valence-corrected chi connectivity index (χ0v) is 11.7. The third kappa shape index (κ3) is 3.38. The van der Waals surface area contributed by atoms with E-state index in [9.17, 15) is 26.3 Å². The van der Waals surface area contributed by atoms with Crippen LogP contribution >= 0.6 is 11.6 Å². The minimum absolute atomic E-state index is 0.162. The molecule has 0 unspecified atom stereocenters. The Morgan fingerprint density at radius 1 is 0.727 bits per heavy atom. The summed E-state index contributed by atoms with van der Waals surface area (Å²) in [6.07, 6.45) is -9.53. The fourth-order valence-electron chi connectivity index (χ4n) is 2.11. The molecule has 7 heteroatoms. The van der Waals surface area contributed by atoms with Gasteiger partial charge in [0, 0.05) is 5.88 Å². The molecule has 2 rings (SSSR count). The summed E-state index contributed by atoms with van der Waals surface area (Å²) < 4.78 is 78.5. The molecule has 0 nitrogen and oxygen atoms in total. The SMILES string of the molecule is FC(F)(F)c1ccccc1-c1ccc(CCl)cc1C(F)(F)F. The first-order valence-electron chi connectivity index (χ1n) is 6.07. The Labute approximate surface area is 127 Å². The molecule has 0 N–H and O–H groups in total. The smallest absolute Gasteiger partial charge is 0.166 e. The van der Waals surface area contributed by atoms with Crippen molar-refractivity contribution in [2.24, 2.45) is 0 Å². The van der Waals surface area contributed by atoms with Crippen molar-refractivity contribution in [1.29, 1.82) is 0 Å². The summed E-state index contributed by atoms with van der Waals surface area (Å²) in [5.74, 6) is -0.162. The molecule has 0 radical (unpaired) electrons. The first-order valence-corrected chi connectivity index (χ1v) is 6.60. The Balaban J connectivity index is 2.74. The molecule has 0 bridgehead atoms. The van der Waals surface area contributed by atoms with Crippen molar-refractivity contribution >= 4 is 11.6 Å². The Morgan fingerprint density at radius 2 is 1.27 bits per heavy atom. The molecular formula is C15H9ClF6. The molecule has 0 atom stereocenters. The highest BCUT2D eigenvalue weighted by molar-refractivity contribution is 6.17. The van der Waals surface area contributed by atoms with Crippen LogP contribution in [-0.4, -0.2) is 0 Å². The van der Waals surface area contributed by atoms with E-state index in [1.165, 1.54) is 12.1 Å². The van der Waals surface area contributed by atoms with E-state index in [0.29, 0.717) is 0 Å². The number of halogens is 7. The van der Waals surface area contributed by atoms with Gasteiger partial charge in [0.2, 0.25) is 0 Å². The van der Waals surface area contributed by atoms with E-state index in [-0.39, 0.29) is 11.4 Å². The number of rotatable bonds is 2. The number of benzene rings is 2. The molecule has 0 aliphatic heterocycles. The standard InChI is InChI=1S/C15H9ClF6/c16-8-9-5-6-11(13(7-9)15(20,21)22)10-3-1-2-4-12(10)14(17,18)19/h1-7H,8H2. The van der Waals surface area contributed by atoms with Gasteiger partial charge in [-0.2, -0.15) is 26.3 Å². The highest BCUT2D eigenvalue weighted by Gasteiger charge is 2.38. The van der Waals surface area contributed by atoms with Crippen molar-refractivity contribution in [3.63, 3.8) is 0 Å². The summed E-state index contributed by atoms with van der Waals surface area (Å²) >= 11 is 5.50. The van der Waals surface area contributed by atoms with Crippen LogP contribution in [0.15, 0.2) is 42.5 Å². The molecule has 0 fully saturated rings. The molecule has 0 saturated heterocycles. The molecule has 0 aromatic heterocycles. The molecule has 0 spiro atoms. The number of alkyl halides is 7. The summed E-state index contributed by atoms with van der Waals surface area (Å²) in [7, 11) is 0. The summed E-state index contributed by atoms with van der Waals surface area (Å²) in [5.41, 5.74) is -3.10. The van der Waals surface area contributed by atoms with E-state index in [0.717, 1.165) is 30.3 Å². The third-order valence-electron chi connectivity index (χ3n) is 3.07. The van der Waals surface area contributed by atoms with Gasteiger partial charge in [0.25, 0.3) is 0 Å². The fraction of sp³-hybridized carbons (Fsp3) is 0.200. The normalized spacial score (nSPS) is 12.5. The minimum Gasteiger partial charge on any atom is -0.166 e. The lowest BCUT2D eigenvalue weighted by molar-refractivity contribution is -0.139. The Morgan fingerprint density at radius 3 is 1.82 bits per heavy atom. The maximum Gasteiger partial charge on any atom is 0.417 e. The van der Waals surface area contributed by atoms with Crippen molar-refractivity contribution in [3.8, 4) is 11.1 Å². The highest BCUT2D eigenvalue weighted by atomic mass is 35.5. The molecule has 0 amide bonds. The van der Waals surface area contributed by atoms with Crippen LogP contribution in [0, 0.1) is 0 Å². The molecule has 0 heterocycles. The molecule has 0 saturated carbocycles. The van der Waals surface area contributed by atoms with E-state index in [2.05, 4.69) is 0 Å². The fourth-order valence-corrected chi connectivity index (χ4v) is 2.28. The first kappa shape index (κ1) is 16.7. The van der Waals surface area contributed by atoms with Crippen molar-refractivity contribution in [3.05, 3.63) is 59.2 Å². The van der Waals surface area contributed by atoms with Gasteiger partial charge in [-0.25, -0.2) is 0 Å². The van der Waals surface area contributed by atoms with Crippen molar-refractivity contribution in [2.75, 3.05) is 0 Å². The lowest BCUT2D eigenvalue weighted by atomic mass is 9.93. The first-order chi connectivity index (χ1) is 10.1. The van der Waals surface area contributed by atoms with Gasteiger partial charge in [-0.15, -0.1) is 11.6 Å². The molecular weight excluding hydrogens is 330 g/mol. The van der Waals surface area contributed by atoms with E-state index < -0.39 is 34.6 Å². The van der Waals surface area contributed by atoms with Crippen LogP contribution in [0.1, 0.15) is 16.7 Å². The second kappa shape index (κ2) is 5.83. The minimum atomic E-state index is -4.78. The van der Waals surface area contributed by atoms with Gasteiger partial charge < -0.3 is 0 Å². The maximum absolute atomic E-state index is 13.2. The predicted molar refractivity (Wildman–Crippen MR) is 71.4 cm³/mol. The summed E-state index contributed by atoms with van der Waals surface area (Å²) in [5, 5.41) is 0. The van der Waals surface area contributed by atoms with Crippen LogP contribution < -0.4 is 0 Å². The highest BCUT2D eigenvalue weighted by Crippen LogP contribution is 2.42. The van der Waals surface area contributed by atoms with E-state index >= 15 is 0 Å². The Hall–Kier alpha value is -1.69. The maximum atomic E-state index is 13.2. The van der Waals surface area contributed by atoms with Crippen LogP contribution in [0.25, 0.3) is 11.1 Å². The van der Waals surface area contributed by atoms with Crippen molar-refractivity contribution in [1.82, 2.24) is 0 Å². The Kier molecular flexibility index (Phi) is 4.42. The van der Waals surface area contributed by atoms with Crippen LogP contribution in [0.4, 0.5) is 26.3 Å². The second-order valence-corrected chi connectivity index (χ2v) is 4.82. The van der Waals surface area contributed by atoms with Crippen molar-refractivity contribution in [2.45, 2.75) is 18.2 Å². The van der Waals surface area contributed by atoms with E-state index in [4.69, 9.17) is 11.6 Å². The van der Waals surface area contributed by atoms with Crippen LogP contribution in [0.2, 0.25) is 0 Å². The lowest BCUT2D eigenvalue weighted by Gasteiger charge is -2.18. The average molecular weight is 339 g/mol. The van der Waals surface area contributed by atoms with Gasteiger partial charge in [0.1, 0.15) is 0 Å². The summed E-state index contributed by atoms with van der Waals surface area (Å²) in [6.45, 7) is 0. The molecule has 2 aromatic rings. The lowest BCUT2D eigenvalue weighted by Crippen LogP contribution is -2.11. The second-order valence-electron chi connectivity index (χ2n) is 4.55. The molecule has 2 aromatic carbocycles. The van der Waals surface area contributed by atoms with E-state index in [1.54, 1.807) is 0 Å². The average Bonchev–Trinajstić information content (AvgIpc) is 2.45. The third-order valence-corrected chi connectivity index (χ3v) is 3.37. The monoisotopic (exact) mass is 338 g/mol. The predicted octanol–water partition coefficient (Wildman–Crippen LogP) is 6.13. The van der Waals surface area contributed by atoms with Crippen LogP contribution in [-0.2, 0) is 18.2 Å². The van der Waals surface area contributed by atoms with Gasteiger partial charge in [0.15, 0.2) is 0 Å². The van der Waals surface area contributed by atoms with E-state index in [1.807, 2.05) is 0 Å². The molecule has 0 aliphatic rings. The van der Waals surface area contributed by atoms with Gasteiger partial charge in [0.05, 0.1) is 11.1 Å². The number of hydrogen-bond donors (Lipinski definition) is 0. The largest absolute Gasteiger partial charge is 0.417 e. The van der Waals surface area contributed by atoms with Gasteiger partial charge in [-0.3, -0.25) is 0 Å².